The Kier molecular flexibility index (Phi) is 6.22. The Balaban J connectivity index is 1.79. The molecule has 5 nitrogen and oxygen atoms in total. The zero-order valence-electron chi connectivity index (χ0n) is 17.0. The molecule has 0 aliphatic rings. The Hall–Kier alpha value is -3.19. The molecule has 156 valence electrons. The summed E-state index contributed by atoms with van der Waals surface area (Å²) in [7, 11) is -2.22. The molecule has 0 aliphatic heterocycles. The molecule has 0 bridgehead atoms. The molecule has 3 rings (SSSR count). The smallest absolute Gasteiger partial charge is 0.264 e. The first kappa shape index (κ1) is 21.5. The Morgan fingerprint density at radius 2 is 1.63 bits per heavy atom. The van der Waals surface area contributed by atoms with Crippen LogP contribution in [0.1, 0.15) is 34.5 Å². The predicted octanol–water partition coefficient (Wildman–Crippen LogP) is 4.45. The van der Waals surface area contributed by atoms with Gasteiger partial charge in [-0.2, -0.15) is 0 Å². The second-order valence-corrected chi connectivity index (χ2v) is 9.00. The minimum Gasteiger partial charge on any atom is -0.346 e. The van der Waals surface area contributed by atoms with Crippen LogP contribution in [0, 0.1) is 12.7 Å². The molecule has 0 spiro atoms. The second-order valence-electron chi connectivity index (χ2n) is 7.03. The van der Waals surface area contributed by atoms with E-state index in [0.29, 0.717) is 16.8 Å². The quantitative estimate of drug-likeness (QED) is 0.633. The highest BCUT2D eigenvalue weighted by molar-refractivity contribution is 7.92. The molecule has 7 heteroatoms. The predicted molar refractivity (Wildman–Crippen MR) is 115 cm³/mol. The van der Waals surface area contributed by atoms with Gasteiger partial charge in [0.2, 0.25) is 0 Å². The third-order valence-corrected chi connectivity index (χ3v) is 6.70. The van der Waals surface area contributed by atoms with Crippen molar-refractivity contribution >= 4 is 21.6 Å². The maximum atomic E-state index is 13.1. The molecule has 3 aromatic rings. The molecule has 1 N–H and O–H groups in total. The first-order valence-electron chi connectivity index (χ1n) is 9.41. The Labute approximate surface area is 176 Å². The van der Waals surface area contributed by atoms with Crippen molar-refractivity contribution in [2.75, 3.05) is 11.4 Å². The van der Waals surface area contributed by atoms with E-state index < -0.39 is 10.0 Å². The lowest BCUT2D eigenvalue weighted by Gasteiger charge is -2.22. The summed E-state index contributed by atoms with van der Waals surface area (Å²) in [6, 6.07) is 18.7. The first-order valence-corrected chi connectivity index (χ1v) is 10.8. The highest BCUT2D eigenvalue weighted by Gasteiger charge is 2.23. The van der Waals surface area contributed by atoms with Crippen LogP contribution in [0.3, 0.4) is 0 Å². The number of rotatable bonds is 6. The van der Waals surface area contributed by atoms with E-state index in [9.17, 15) is 17.6 Å². The topological polar surface area (TPSA) is 66.5 Å². The standard InChI is InChI=1S/C23H23FN2O3S/c1-16-15-19(23(27)25-17(2)18-9-12-20(24)13-10-18)11-14-22(16)26(3)30(28,29)21-7-5-4-6-8-21/h4-15,17H,1-3H3,(H,25,27)/t17-/m0/s1. The number of carbonyl (C=O) groups excluding carboxylic acids is 1. The average Bonchev–Trinajstić information content (AvgIpc) is 2.74. The fourth-order valence-corrected chi connectivity index (χ4v) is 4.43. The van der Waals surface area contributed by atoms with Crippen LogP contribution in [0.5, 0.6) is 0 Å². The number of sulfonamides is 1. The highest BCUT2D eigenvalue weighted by Crippen LogP contribution is 2.26. The molecule has 3 aromatic carbocycles. The molecule has 0 aliphatic carbocycles. The molecule has 1 atom stereocenters. The number of nitrogens with zero attached hydrogens (tertiary/aromatic N) is 1. The lowest BCUT2D eigenvalue weighted by Crippen LogP contribution is -2.28. The van der Waals surface area contributed by atoms with Crippen molar-refractivity contribution in [2.24, 2.45) is 0 Å². The van der Waals surface area contributed by atoms with Crippen LogP contribution >= 0.6 is 0 Å². The van der Waals surface area contributed by atoms with Crippen LogP contribution in [0.15, 0.2) is 77.7 Å². The lowest BCUT2D eigenvalue weighted by molar-refractivity contribution is 0.0940. The Bertz CT molecular complexity index is 1150. The van der Waals surface area contributed by atoms with Crippen molar-refractivity contribution in [3.05, 3.63) is 95.3 Å². The fourth-order valence-electron chi connectivity index (χ4n) is 3.14. The fraction of sp³-hybridized carbons (Fsp3) is 0.174. The summed E-state index contributed by atoms with van der Waals surface area (Å²) in [6.45, 7) is 3.57. The number of aryl methyl sites for hydroxylation is 1. The zero-order valence-corrected chi connectivity index (χ0v) is 17.8. The molecular weight excluding hydrogens is 403 g/mol. The first-order chi connectivity index (χ1) is 14.2. The van der Waals surface area contributed by atoms with Gasteiger partial charge in [0.05, 0.1) is 16.6 Å². The molecule has 0 radical (unpaired) electrons. The zero-order chi connectivity index (χ0) is 21.9. The van der Waals surface area contributed by atoms with Gasteiger partial charge in [-0.3, -0.25) is 9.10 Å². The van der Waals surface area contributed by atoms with Gasteiger partial charge in [0.15, 0.2) is 0 Å². The van der Waals surface area contributed by atoms with E-state index in [0.717, 1.165) is 5.56 Å². The van der Waals surface area contributed by atoms with Gasteiger partial charge in [-0.25, -0.2) is 12.8 Å². The van der Waals surface area contributed by atoms with Crippen molar-refractivity contribution in [1.82, 2.24) is 5.32 Å². The van der Waals surface area contributed by atoms with Gasteiger partial charge in [0.1, 0.15) is 5.82 Å². The number of amides is 1. The van der Waals surface area contributed by atoms with E-state index in [-0.39, 0.29) is 22.7 Å². The maximum Gasteiger partial charge on any atom is 0.264 e. The van der Waals surface area contributed by atoms with E-state index >= 15 is 0 Å². The number of benzene rings is 3. The largest absolute Gasteiger partial charge is 0.346 e. The van der Waals surface area contributed by atoms with Gasteiger partial charge >= 0.3 is 0 Å². The molecular formula is C23H23FN2O3S. The number of nitrogens with one attached hydrogen (secondary N) is 1. The number of hydrogen-bond acceptors (Lipinski definition) is 3. The summed E-state index contributed by atoms with van der Waals surface area (Å²) in [5, 5.41) is 2.87. The molecule has 1 amide bonds. The van der Waals surface area contributed by atoms with E-state index in [1.54, 1.807) is 67.6 Å². The van der Waals surface area contributed by atoms with Crippen LogP contribution in [0.4, 0.5) is 10.1 Å². The third-order valence-electron chi connectivity index (χ3n) is 4.92. The summed E-state index contributed by atoms with van der Waals surface area (Å²) in [5.74, 6) is -0.631. The van der Waals surface area contributed by atoms with Gasteiger partial charge in [-0.05, 0) is 67.4 Å². The molecule has 0 heterocycles. The SMILES string of the molecule is Cc1cc(C(=O)N[C@@H](C)c2ccc(F)cc2)ccc1N(C)S(=O)(=O)c1ccccc1. The molecule has 0 saturated heterocycles. The summed E-state index contributed by atoms with van der Waals surface area (Å²) in [4.78, 5) is 12.8. The molecule has 30 heavy (non-hydrogen) atoms. The van der Waals surface area contributed by atoms with Crippen molar-refractivity contribution in [3.63, 3.8) is 0 Å². The van der Waals surface area contributed by atoms with E-state index in [4.69, 9.17) is 0 Å². The van der Waals surface area contributed by atoms with Crippen molar-refractivity contribution in [1.29, 1.82) is 0 Å². The summed E-state index contributed by atoms with van der Waals surface area (Å²) in [5.41, 5.74) is 2.34. The number of halogens is 1. The Morgan fingerprint density at radius 3 is 2.23 bits per heavy atom. The van der Waals surface area contributed by atoms with E-state index in [1.807, 2.05) is 6.92 Å². The summed E-state index contributed by atoms with van der Waals surface area (Å²) >= 11 is 0. The van der Waals surface area contributed by atoms with Gasteiger partial charge in [0.25, 0.3) is 15.9 Å². The van der Waals surface area contributed by atoms with Crippen LogP contribution in [-0.4, -0.2) is 21.4 Å². The average molecular weight is 427 g/mol. The molecule has 0 saturated carbocycles. The van der Waals surface area contributed by atoms with Crippen LogP contribution in [0.25, 0.3) is 0 Å². The van der Waals surface area contributed by atoms with E-state index in [1.165, 1.54) is 23.5 Å². The minimum absolute atomic E-state index is 0.196. The Morgan fingerprint density at radius 1 is 1.00 bits per heavy atom. The minimum atomic E-state index is -3.70. The lowest BCUT2D eigenvalue weighted by atomic mass is 10.1. The normalized spacial score (nSPS) is 12.3. The highest BCUT2D eigenvalue weighted by atomic mass is 32.2. The molecule has 0 unspecified atom stereocenters. The van der Waals surface area contributed by atoms with Gasteiger partial charge in [-0.15, -0.1) is 0 Å². The number of hydrogen-bond donors (Lipinski definition) is 1. The van der Waals surface area contributed by atoms with Gasteiger partial charge < -0.3 is 5.32 Å². The maximum absolute atomic E-state index is 13.1. The van der Waals surface area contributed by atoms with Crippen LogP contribution < -0.4 is 9.62 Å². The monoisotopic (exact) mass is 426 g/mol. The molecule has 0 aromatic heterocycles. The van der Waals surface area contributed by atoms with Crippen LogP contribution in [-0.2, 0) is 10.0 Å². The van der Waals surface area contributed by atoms with Gasteiger partial charge in [-0.1, -0.05) is 30.3 Å². The number of carbonyl (C=O) groups is 1. The van der Waals surface area contributed by atoms with E-state index in [2.05, 4.69) is 5.32 Å². The second kappa shape index (κ2) is 8.67. The summed E-state index contributed by atoms with van der Waals surface area (Å²) < 4.78 is 40.0. The van der Waals surface area contributed by atoms with Crippen LogP contribution in [0.2, 0.25) is 0 Å². The third kappa shape index (κ3) is 4.52. The van der Waals surface area contributed by atoms with Gasteiger partial charge in [0, 0.05) is 12.6 Å². The summed E-state index contributed by atoms with van der Waals surface area (Å²) in [6.07, 6.45) is 0. The molecule has 0 fully saturated rings. The van der Waals surface area contributed by atoms with Crippen molar-refractivity contribution in [3.8, 4) is 0 Å². The van der Waals surface area contributed by atoms with Crippen molar-refractivity contribution in [2.45, 2.75) is 24.8 Å². The number of anilines is 1. The van der Waals surface area contributed by atoms with Crippen molar-refractivity contribution < 1.29 is 17.6 Å².